The van der Waals surface area contributed by atoms with Crippen LogP contribution >= 0.6 is 11.3 Å². The Bertz CT molecular complexity index is 975. The van der Waals surface area contributed by atoms with E-state index in [1.54, 1.807) is 12.4 Å². The number of nitrogens with two attached hydrogens (primary N) is 1. The fourth-order valence-corrected chi connectivity index (χ4v) is 4.58. The van der Waals surface area contributed by atoms with Crippen molar-refractivity contribution < 1.29 is 4.79 Å². The summed E-state index contributed by atoms with van der Waals surface area (Å²) in [6.45, 7) is 3.20. The van der Waals surface area contributed by atoms with Crippen molar-refractivity contribution in [1.82, 2.24) is 19.9 Å². The maximum absolute atomic E-state index is 12.9. The van der Waals surface area contributed by atoms with Crippen molar-refractivity contribution in [3.05, 3.63) is 35.6 Å². The van der Waals surface area contributed by atoms with Crippen molar-refractivity contribution in [2.24, 2.45) is 5.41 Å². The summed E-state index contributed by atoms with van der Waals surface area (Å²) in [4.78, 5) is 29.9. The highest BCUT2D eigenvalue weighted by molar-refractivity contribution is 7.17. The smallest absolute Gasteiger partial charge is 0.264 e. The SMILES string of the molecule is Nc1ccc(C(=O)N2CCN(c3ncnc4[nH]ccc34)CC3(CC3)C2)s1. The summed E-state index contributed by atoms with van der Waals surface area (Å²) in [5, 5.41) is 1.72. The summed E-state index contributed by atoms with van der Waals surface area (Å²) >= 11 is 1.37. The molecule has 0 atom stereocenters. The summed E-state index contributed by atoms with van der Waals surface area (Å²) in [6, 6.07) is 5.66. The van der Waals surface area contributed by atoms with E-state index in [1.165, 1.54) is 11.3 Å². The maximum atomic E-state index is 12.9. The van der Waals surface area contributed by atoms with Crippen LogP contribution in [0, 0.1) is 5.41 Å². The Morgan fingerprint density at radius 2 is 2.08 bits per heavy atom. The molecule has 134 valence electrons. The molecule has 4 heterocycles. The van der Waals surface area contributed by atoms with Gasteiger partial charge in [0, 0.05) is 37.8 Å². The van der Waals surface area contributed by atoms with Crippen molar-refractivity contribution in [1.29, 1.82) is 0 Å². The van der Waals surface area contributed by atoms with Gasteiger partial charge < -0.3 is 20.5 Å². The zero-order valence-electron chi connectivity index (χ0n) is 14.3. The lowest BCUT2D eigenvalue weighted by Crippen LogP contribution is -2.36. The minimum atomic E-state index is 0.0919. The van der Waals surface area contributed by atoms with Crippen LogP contribution in [0.5, 0.6) is 0 Å². The number of rotatable bonds is 2. The zero-order valence-corrected chi connectivity index (χ0v) is 15.1. The maximum Gasteiger partial charge on any atom is 0.264 e. The average molecular weight is 368 g/mol. The predicted molar refractivity (Wildman–Crippen MR) is 102 cm³/mol. The lowest BCUT2D eigenvalue weighted by Gasteiger charge is -2.25. The first-order chi connectivity index (χ1) is 12.6. The van der Waals surface area contributed by atoms with Crippen molar-refractivity contribution in [2.45, 2.75) is 12.8 Å². The fraction of sp³-hybridized carbons (Fsp3) is 0.389. The third-order valence-electron chi connectivity index (χ3n) is 5.41. The molecule has 0 aromatic carbocycles. The third-order valence-corrected chi connectivity index (χ3v) is 6.31. The average Bonchev–Trinajstić information content (AvgIpc) is 3.06. The van der Waals surface area contributed by atoms with Crippen LogP contribution < -0.4 is 10.6 Å². The molecular weight excluding hydrogens is 348 g/mol. The Hall–Kier alpha value is -2.61. The lowest BCUT2D eigenvalue weighted by molar-refractivity contribution is 0.0745. The molecule has 5 rings (SSSR count). The Labute approximate surface area is 154 Å². The number of aromatic nitrogens is 3. The minimum Gasteiger partial charge on any atom is -0.391 e. The van der Waals surface area contributed by atoms with Crippen LogP contribution in [0.2, 0.25) is 0 Å². The van der Waals surface area contributed by atoms with Crippen LogP contribution in [-0.2, 0) is 0 Å². The molecule has 1 saturated heterocycles. The van der Waals surface area contributed by atoms with Gasteiger partial charge in [-0.1, -0.05) is 0 Å². The number of fused-ring (bicyclic) bond motifs is 1. The number of nitrogen functional groups attached to an aromatic ring is 1. The Morgan fingerprint density at radius 1 is 1.19 bits per heavy atom. The van der Waals surface area contributed by atoms with Gasteiger partial charge in [0.25, 0.3) is 5.91 Å². The molecule has 0 bridgehead atoms. The Kier molecular flexibility index (Phi) is 3.43. The second kappa shape index (κ2) is 5.70. The van der Waals surface area contributed by atoms with E-state index in [1.807, 2.05) is 23.2 Å². The van der Waals surface area contributed by atoms with E-state index in [0.29, 0.717) is 11.5 Å². The van der Waals surface area contributed by atoms with E-state index in [4.69, 9.17) is 5.73 Å². The van der Waals surface area contributed by atoms with Gasteiger partial charge in [0.15, 0.2) is 0 Å². The summed E-state index contributed by atoms with van der Waals surface area (Å²) in [5.74, 6) is 1.05. The largest absolute Gasteiger partial charge is 0.391 e. The Balaban J connectivity index is 1.44. The normalized spacial score (nSPS) is 19.1. The molecular formula is C18H20N6OS. The zero-order chi connectivity index (χ0) is 17.7. The number of amides is 1. The van der Waals surface area contributed by atoms with E-state index < -0.39 is 0 Å². The van der Waals surface area contributed by atoms with Gasteiger partial charge in [0.1, 0.15) is 17.8 Å². The molecule has 26 heavy (non-hydrogen) atoms. The number of hydrogen-bond donors (Lipinski definition) is 2. The Morgan fingerprint density at radius 3 is 2.85 bits per heavy atom. The molecule has 0 radical (unpaired) electrons. The lowest BCUT2D eigenvalue weighted by atomic mass is 10.1. The number of H-pyrrole nitrogens is 1. The third kappa shape index (κ3) is 2.61. The van der Waals surface area contributed by atoms with Crippen molar-refractivity contribution in [3.8, 4) is 0 Å². The van der Waals surface area contributed by atoms with Gasteiger partial charge in [-0.2, -0.15) is 0 Å². The number of nitrogens with one attached hydrogen (secondary N) is 1. The van der Waals surface area contributed by atoms with Crippen LogP contribution in [-0.4, -0.2) is 51.9 Å². The van der Waals surface area contributed by atoms with Gasteiger partial charge in [0.05, 0.1) is 15.3 Å². The second-order valence-electron chi connectivity index (χ2n) is 7.29. The molecule has 7 nitrogen and oxygen atoms in total. The molecule has 1 saturated carbocycles. The first kappa shape index (κ1) is 15.6. The number of carbonyl (C=O) groups excluding carboxylic acids is 1. The van der Waals surface area contributed by atoms with E-state index >= 15 is 0 Å². The number of anilines is 2. The van der Waals surface area contributed by atoms with Crippen LogP contribution in [0.3, 0.4) is 0 Å². The summed E-state index contributed by atoms with van der Waals surface area (Å²) < 4.78 is 0. The van der Waals surface area contributed by atoms with Crippen molar-refractivity contribution >= 4 is 39.1 Å². The molecule has 3 N–H and O–H groups in total. The van der Waals surface area contributed by atoms with Crippen molar-refractivity contribution in [2.75, 3.05) is 36.8 Å². The highest BCUT2D eigenvalue weighted by Crippen LogP contribution is 2.48. The molecule has 1 amide bonds. The van der Waals surface area contributed by atoms with Gasteiger partial charge in [-0.25, -0.2) is 9.97 Å². The first-order valence-electron chi connectivity index (χ1n) is 8.81. The van der Waals surface area contributed by atoms with E-state index in [9.17, 15) is 4.79 Å². The highest BCUT2D eigenvalue weighted by atomic mass is 32.1. The topological polar surface area (TPSA) is 91.1 Å². The number of nitrogens with zero attached hydrogens (tertiary/aromatic N) is 4. The van der Waals surface area contributed by atoms with Crippen LogP contribution in [0.1, 0.15) is 22.5 Å². The first-order valence-corrected chi connectivity index (χ1v) is 9.63. The fourth-order valence-electron chi connectivity index (χ4n) is 3.84. The minimum absolute atomic E-state index is 0.0919. The monoisotopic (exact) mass is 368 g/mol. The quantitative estimate of drug-likeness (QED) is 0.724. The molecule has 3 aromatic heterocycles. The number of aromatic amines is 1. The summed E-state index contributed by atoms with van der Waals surface area (Å²) in [7, 11) is 0. The van der Waals surface area contributed by atoms with E-state index in [2.05, 4.69) is 19.9 Å². The summed E-state index contributed by atoms with van der Waals surface area (Å²) in [5.41, 5.74) is 6.84. The molecule has 1 aliphatic heterocycles. The molecule has 2 fully saturated rings. The molecule has 8 heteroatoms. The predicted octanol–water partition coefficient (Wildman–Crippen LogP) is 2.34. The van der Waals surface area contributed by atoms with Crippen LogP contribution in [0.15, 0.2) is 30.7 Å². The number of thiophene rings is 1. The van der Waals surface area contributed by atoms with Crippen LogP contribution in [0.4, 0.5) is 10.8 Å². The molecule has 1 spiro atoms. The van der Waals surface area contributed by atoms with Gasteiger partial charge in [-0.05, 0) is 31.0 Å². The molecule has 0 unspecified atom stereocenters. The van der Waals surface area contributed by atoms with E-state index in [0.717, 1.165) is 54.2 Å². The van der Waals surface area contributed by atoms with Gasteiger partial charge in [0.2, 0.25) is 0 Å². The van der Waals surface area contributed by atoms with Crippen molar-refractivity contribution in [3.63, 3.8) is 0 Å². The van der Waals surface area contributed by atoms with E-state index in [-0.39, 0.29) is 11.3 Å². The second-order valence-corrected chi connectivity index (χ2v) is 8.40. The van der Waals surface area contributed by atoms with Crippen LogP contribution in [0.25, 0.3) is 11.0 Å². The summed E-state index contributed by atoms with van der Waals surface area (Å²) in [6.07, 6.45) is 5.81. The molecule has 1 aliphatic carbocycles. The van der Waals surface area contributed by atoms with Gasteiger partial charge >= 0.3 is 0 Å². The van der Waals surface area contributed by atoms with Gasteiger partial charge in [-0.15, -0.1) is 11.3 Å². The number of hydrogen-bond acceptors (Lipinski definition) is 6. The molecule has 3 aromatic rings. The molecule has 2 aliphatic rings. The number of carbonyl (C=O) groups is 1. The standard InChI is InChI=1S/C18H20N6OS/c19-14-2-1-13(26-14)17(25)24-8-7-23(9-18(10-24)4-5-18)16-12-3-6-20-15(12)21-11-22-16/h1-3,6,11H,4-5,7-10,19H2,(H,20,21,22). The highest BCUT2D eigenvalue weighted by Gasteiger charge is 2.48. The van der Waals surface area contributed by atoms with Gasteiger partial charge in [-0.3, -0.25) is 4.79 Å².